The summed E-state index contributed by atoms with van der Waals surface area (Å²) in [6.07, 6.45) is 7.93. The molecule has 0 radical (unpaired) electrons. The van der Waals surface area contributed by atoms with Gasteiger partial charge in [0.2, 0.25) is 0 Å². The molecule has 2 amide bonds. The van der Waals surface area contributed by atoms with Crippen LogP contribution in [-0.4, -0.2) is 49.7 Å². The summed E-state index contributed by atoms with van der Waals surface area (Å²) in [5.41, 5.74) is 2.69. The Morgan fingerprint density at radius 1 is 1.14 bits per heavy atom. The van der Waals surface area contributed by atoms with Gasteiger partial charge in [-0.2, -0.15) is 0 Å². The van der Waals surface area contributed by atoms with Crippen molar-refractivity contribution in [3.8, 4) is 0 Å². The van der Waals surface area contributed by atoms with Gasteiger partial charge in [0.05, 0.1) is 16.8 Å². The van der Waals surface area contributed by atoms with E-state index in [1.54, 1.807) is 30.0 Å². The topological polar surface area (TPSA) is 101 Å². The van der Waals surface area contributed by atoms with Crippen molar-refractivity contribution in [3.63, 3.8) is 0 Å². The Balaban J connectivity index is 1.35. The third kappa shape index (κ3) is 4.29. The Hall–Kier alpha value is -3.20. The van der Waals surface area contributed by atoms with Crippen molar-refractivity contribution in [3.05, 3.63) is 64.9 Å². The summed E-state index contributed by atoms with van der Waals surface area (Å²) in [7, 11) is 0. The quantitative estimate of drug-likeness (QED) is 0.712. The molecule has 148 valence electrons. The number of carbonyl (C=O) groups is 2. The Kier molecular flexibility index (Phi) is 5.57. The van der Waals surface area contributed by atoms with Gasteiger partial charge in [0.25, 0.3) is 11.8 Å². The smallest absolute Gasteiger partial charge is 0.259 e. The zero-order valence-electron chi connectivity index (χ0n) is 15.9. The van der Waals surface area contributed by atoms with E-state index >= 15 is 0 Å². The Labute approximate surface area is 172 Å². The van der Waals surface area contributed by atoms with Gasteiger partial charge in [0.1, 0.15) is 6.33 Å². The molecule has 4 rings (SSSR count). The molecule has 1 aliphatic heterocycles. The standard InChI is InChI=1S/C20H20N6O2S/c1-13-16(11-21-12-24-13)19(28)26-7-4-14(5-8-26)17-3-2-15(10-23-17)18(27)25-20-22-6-9-29-20/h2-3,6,9-12,14H,4-5,7-8H2,1H3,(H,22,25,27). The van der Waals surface area contributed by atoms with E-state index in [-0.39, 0.29) is 17.7 Å². The van der Waals surface area contributed by atoms with Gasteiger partial charge in [0, 0.05) is 48.7 Å². The van der Waals surface area contributed by atoms with E-state index in [1.807, 2.05) is 17.9 Å². The highest BCUT2D eigenvalue weighted by Crippen LogP contribution is 2.27. The number of carbonyl (C=O) groups excluding carboxylic acids is 2. The van der Waals surface area contributed by atoms with Crippen LogP contribution in [-0.2, 0) is 0 Å². The van der Waals surface area contributed by atoms with Crippen LogP contribution in [0.2, 0.25) is 0 Å². The molecule has 1 aliphatic rings. The highest BCUT2D eigenvalue weighted by molar-refractivity contribution is 7.13. The van der Waals surface area contributed by atoms with E-state index in [2.05, 4.69) is 25.3 Å². The van der Waals surface area contributed by atoms with E-state index in [4.69, 9.17) is 0 Å². The number of aromatic nitrogens is 4. The molecule has 0 aliphatic carbocycles. The van der Waals surface area contributed by atoms with Crippen LogP contribution in [0.1, 0.15) is 50.9 Å². The number of aryl methyl sites for hydroxylation is 1. The maximum absolute atomic E-state index is 12.7. The van der Waals surface area contributed by atoms with Crippen molar-refractivity contribution < 1.29 is 9.59 Å². The second-order valence-corrected chi connectivity index (χ2v) is 7.75. The average molecular weight is 408 g/mol. The van der Waals surface area contributed by atoms with E-state index in [9.17, 15) is 9.59 Å². The van der Waals surface area contributed by atoms with Crippen LogP contribution in [0.25, 0.3) is 0 Å². The number of hydrogen-bond acceptors (Lipinski definition) is 7. The van der Waals surface area contributed by atoms with Crippen LogP contribution >= 0.6 is 11.3 Å². The summed E-state index contributed by atoms with van der Waals surface area (Å²) in [6.45, 7) is 3.13. The summed E-state index contributed by atoms with van der Waals surface area (Å²) >= 11 is 1.37. The van der Waals surface area contributed by atoms with Gasteiger partial charge < -0.3 is 4.90 Å². The summed E-state index contributed by atoms with van der Waals surface area (Å²) < 4.78 is 0. The van der Waals surface area contributed by atoms with Crippen molar-refractivity contribution in [2.75, 3.05) is 18.4 Å². The third-order valence-electron chi connectivity index (χ3n) is 5.04. The number of thiazole rings is 1. The van der Waals surface area contributed by atoms with Gasteiger partial charge >= 0.3 is 0 Å². The number of piperidine rings is 1. The van der Waals surface area contributed by atoms with Crippen LogP contribution in [0.15, 0.2) is 42.4 Å². The molecule has 1 saturated heterocycles. The molecule has 4 heterocycles. The molecule has 8 nitrogen and oxygen atoms in total. The molecule has 0 unspecified atom stereocenters. The summed E-state index contributed by atoms with van der Waals surface area (Å²) in [5.74, 6) is 0.0202. The van der Waals surface area contributed by atoms with E-state index in [0.717, 1.165) is 18.5 Å². The first-order chi connectivity index (χ1) is 14.1. The van der Waals surface area contributed by atoms with Crippen LogP contribution in [0, 0.1) is 6.92 Å². The van der Waals surface area contributed by atoms with Crippen molar-refractivity contribution >= 4 is 28.3 Å². The normalized spacial score (nSPS) is 14.6. The molecule has 0 aromatic carbocycles. The van der Waals surface area contributed by atoms with Crippen LogP contribution in [0.3, 0.4) is 0 Å². The van der Waals surface area contributed by atoms with Crippen LogP contribution < -0.4 is 5.32 Å². The summed E-state index contributed by atoms with van der Waals surface area (Å²) in [6, 6.07) is 3.68. The highest BCUT2D eigenvalue weighted by Gasteiger charge is 2.26. The lowest BCUT2D eigenvalue weighted by Gasteiger charge is -2.32. The SMILES string of the molecule is Cc1ncncc1C(=O)N1CCC(c2ccc(C(=O)Nc3nccs3)cn2)CC1. The minimum Gasteiger partial charge on any atom is -0.338 e. The van der Waals surface area contributed by atoms with E-state index < -0.39 is 0 Å². The van der Waals surface area contributed by atoms with Gasteiger partial charge in [-0.25, -0.2) is 15.0 Å². The fourth-order valence-electron chi connectivity index (χ4n) is 3.39. The minimum absolute atomic E-state index is 0.0243. The molecule has 0 spiro atoms. The third-order valence-corrected chi connectivity index (χ3v) is 5.73. The number of nitrogens with zero attached hydrogens (tertiary/aromatic N) is 5. The molecule has 29 heavy (non-hydrogen) atoms. The Bertz CT molecular complexity index is 998. The van der Waals surface area contributed by atoms with E-state index in [1.165, 1.54) is 17.7 Å². The first-order valence-corrected chi connectivity index (χ1v) is 10.2. The lowest BCUT2D eigenvalue weighted by atomic mass is 9.92. The van der Waals surface area contributed by atoms with Crippen molar-refractivity contribution in [1.29, 1.82) is 0 Å². The second-order valence-electron chi connectivity index (χ2n) is 6.85. The largest absolute Gasteiger partial charge is 0.338 e. The molecule has 9 heteroatoms. The molecule has 0 atom stereocenters. The Morgan fingerprint density at radius 2 is 1.97 bits per heavy atom. The molecule has 0 bridgehead atoms. The number of amides is 2. The molecule has 1 fully saturated rings. The Morgan fingerprint density at radius 3 is 2.62 bits per heavy atom. The van der Waals surface area contributed by atoms with Crippen molar-refractivity contribution in [2.45, 2.75) is 25.7 Å². The highest BCUT2D eigenvalue weighted by atomic mass is 32.1. The number of hydrogen-bond donors (Lipinski definition) is 1. The molecular formula is C20H20N6O2S. The number of likely N-dealkylation sites (tertiary alicyclic amines) is 1. The number of rotatable bonds is 4. The van der Waals surface area contributed by atoms with Gasteiger partial charge in [-0.05, 0) is 31.9 Å². The summed E-state index contributed by atoms with van der Waals surface area (Å²) in [4.78, 5) is 43.4. The predicted octanol–water partition coefficient (Wildman–Crippen LogP) is 2.91. The molecular weight excluding hydrogens is 388 g/mol. The minimum atomic E-state index is -0.222. The lowest BCUT2D eigenvalue weighted by molar-refractivity contribution is 0.0710. The molecule has 1 N–H and O–H groups in total. The average Bonchev–Trinajstić information content (AvgIpc) is 3.27. The van der Waals surface area contributed by atoms with E-state index in [0.29, 0.717) is 35.0 Å². The second kappa shape index (κ2) is 8.44. The number of nitrogens with one attached hydrogen (secondary N) is 1. The maximum atomic E-state index is 12.7. The molecule has 3 aromatic rings. The fraction of sp³-hybridized carbons (Fsp3) is 0.300. The van der Waals surface area contributed by atoms with Crippen LogP contribution in [0.5, 0.6) is 0 Å². The van der Waals surface area contributed by atoms with Gasteiger partial charge in [-0.15, -0.1) is 11.3 Å². The summed E-state index contributed by atoms with van der Waals surface area (Å²) in [5, 5.41) is 5.12. The lowest BCUT2D eigenvalue weighted by Crippen LogP contribution is -2.38. The molecule has 3 aromatic heterocycles. The van der Waals surface area contributed by atoms with Gasteiger partial charge in [-0.3, -0.25) is 19.9 Å². The van der Waals surface area contributed by atoms with Crippen molar-refractivity contribution in [1.82, 2.24) is 24.8 Å². The monoisotopic (exact) mass is 408 g/mol. The van der Waals surface area contributed by atoms with Crippen LogP contribution in [0.4, 0.5) is 5.13 Å². The fourth-order valence-corrected chi connectivity index (χ4v) is 3.91. The number of anilines is 1. The number of pyridine rings is 1. The van der Waals surface area contributed by atoms with Gasteiger partial charge in [-0.1, -0.05) is 0 Å². The maximum Gasteiger partial charge on any atom is 0.259 e. The zero-order chi connectivity index (χ0) is 20.2. The van der Waals surface area contributed by atoms with Crippen molar-refractivity contribution in [2.24, 2.45) is 0 Å². The predicted molar refractivity (Wildman–Crippen MR) is 109 cm³/mol. The first-order valence-electron chi connectivity index (χ1n) is 9.34. The van der Waals surface area contributed by atoms with Gasteiger partial charge in [0.15, 0.2) is 5.13 Å². The zero-order valence-corrected chi connectivity index (χ0v) is 16.7. The first kappa shape index (κ1) is 19.1. The molecule has 0 saturated carbocycles.